The molecular formula is C21H17FN2O2S2. The zero-order chi connectivity index (χ0) is 19.5. The summed E-state index contributed by atoms with van der Waals surface area (Å²) in [5, 5.41) is 0.464. The molecule has 0 radical (unpaired) electrons. The zero-order valence-corrected chi connectivity index (χ0v) is 16.7. The summed E-state index contributed by atoms with van der Waals surface area (Å²) in [6, 6.07) is 16.4. The van der Waals surface area contributed by atoms with Crippen LogP contribution in [-0.2, 0) is 11.3 Å². The molecule has 0 aliphatic carbocycles. The number of carbonyl (C=O) groups excluding carboxylic acids is 1. The Labute approximate surface area is 170 Å². The van der Waals surface area contributed by atoms with Gasteiger partial charge in [0.05, 0.1) is 23.3 Å². The van der Waals surface area contributed by atoms with Gasteiger partial charge in [-0.05, 0) is 43.3 Å². The van der Waals surface area contributed by atoms with E-state index in [0.29, 0.717) is 15.6 Å². The molecule has 4 aromatic rings. The van der Waals surface area contributed by atoms with Crippen molar-refractivity contribution in [3.05, 3.63) is 78.0 Å². The Morgan fingerprint density at radius 1 is 1.18 bits per heavy atom. The maximum absolute atomic E-state index is 14.1. The average molecular weight is 413 g/mol. The van der Waals surface area contributed by atoms with Gasteiger partial charge in [0, 0.05) is 4.90 Å². The SMILES string of the molecule is Cc1ccc(SCC(=O)N(Cc2ccco2)c2nc3c(F)cccc3s2)cc1. The van der Waals surface area contributed by atoms with E-state index >= 15 is 0 Å². The average Bonchev–Trinajstić information content (AvgIpc) is 3.35. The molecule has 0 saturated heterocycles. The Hall–Kier alpha value is -2.64. The second kappa shape index (κ2) is 8.16. The largest absolute Gasteiger partial charge is 0.467 e. The number of fused-ring (bicyclic) bond motifs is 1. The molecule has 0 saturated carbocycles. The van der Waals surface area contributed by atoms with Crippen molar-refractivity contribution < 1.29 is 13.6 Å². The van der Waals surface area contributed by atoms with E-state index in [4.69, 9.17) is 4.42 Å². The smallest absolute Gasteiger partial charge is 0.239 e. The minimum atomic E-state index is -0.389. The van der Waals surface area contributed by atoms with Crippen LogP contribution >= 0.6 is 23.1 Å². The predicted molar refractivity (Wildman–Crippen MR) is 111 cm³/mol. The van der Waals surface area contributed by atoms with E-state index in [1.165, 1.54) is 34.7 Å². The first-order chi connectivity index (χ1) is 13.6. The van der Waals surface area contributed by atoms with Crippen molar-refractivity contribution in [3.63, 3.8) is 0 Å². The van der Waals surface area contributed by atoms with Gasteiger partial charge in [-0.1, -0.05) is 35.1 Å². The molecule has 0 fully saturated rings. The molecule has 0 aliphatic heterocycles. The molecule has 4 nitrogen and oxygen atoms in total. The van der Waals surface area contributed by atoms with Crippen molar-refractivity contribution in [2.45, 2.75) is 18.4 Å². The van der Waals surface area contributed by atoms with Gasteiger partial charge in [0.15, 0.2) is 5.13 Å². The maximum Gasteiger partial charge on any atom is 0.239 e. The van der Waals surface area contributed by atoms with Crippen LogP contribution in [0.3, 0.4) is 0 Å². The highest BCUT2D eigenvalue weighted by Gasteiger charge is 2.22. The van der Waals surface area contributed by atoms with Gasteiger partial charge in [-0.15, -0.1) is 11.8 Å². The number of halogens is 1. The highest BCUT2D eigenvalue weighted by Crippen LogP contribution is 2.32. The van der Waals surface area contributed by atoms with Gasteiger partial charge in [-0.3, -0.25) is 9.69 Å². The number of amides is 1. The fourth-order valence-corrected chi connectivity index (χ4v) is 4.47. The number of hydrogen-bond acceptors (Lipinski definition) is 5. The number of thioether (sulfide) groups is 1. The Morgan fingerprint density at radius 3 is 2.71 bits per heavy atom. The molecule has 4 rings (SSSR count). The van der Waals surface area contributed by atoms with Crippen LogP contribution in [0.15, 0.2) is 70.2 Å². The molecule has 0 unspecified atom stereocenters. The lowest BCUT2D eigenvalue weighted by Crippen LogP contribution is -2.31. The molecule has 0 atom stereocenters. The van der Waals surface area contributed by atoms with Crippen LogP contribution in [0, 0.1) is 12.7 Å². The lowest BCUT2D eigenvalue weighted by molar-refractivity contribution is -0.116. The van der Waals surface area contributed by atoms with E-state index in [1.54, 1.807) is 35.4 Å². The number of carbonyl (C=O) groups is 1. The summed E-state index contributed by atoms with van der Waals surface area (Å²) < 4.78 is 20.2. The Balaban J connectivity index is 1.59. The first kappa shape index (κ1) is 18.7. The van der Waals surface area contributed by atoms with E-state index in [1.807, 2.05) is 31.2 Å². The van der Waals surface area contributed by atoms with Crippen molar-refractivity contribution in [2.75, 3.05) is 10.7 Å². The Kier molecular flexibility index (Phi) is 5.45. The molecule has 0 spiro atoms. The van der Waals surface area contributed by atoms with Crippen LogP contribution in [0.4, 0.5) is 9.52 Å². The molecule has 2 aromatic carbocycles. The second-order valence-electron chi connectivity index (χ2n) is 6.24. The molecule has 7 heteroatoms. The molecule has 0 N–H and O–H groups in total. The van der Waals surface area contributed by atoms with E-state index in [0.717, 1.165) is 4.90 Å². The normalized spacial score (nSPS) is 11.1. The van der Waals surface area contributed by atoms with Gasteiger partial charge in [0.2, 0.25) is 5.91 Å². The summed E-state index contributed by atoms with van der Waals surface area (Å²) in [5.74, 6) is 0.400. The van der Waals surface area contributed by atoms with Crippen molar-refractivity contribution in [2.24, 2.45) is 0 Å². The molecule has 28 heavy (non-hydrogen) atoms. The predicted octanol–water partition coefficient (Wildman–Crippen LogP) is 5.66. The highest BCUT2D eigenvalue weighted by molar-refractivity contribution is 8.00. The van der Waals surface area contributed by atoms with Crippen LogP contribution in [0.5, 0.6) is 0 Å². The van der Waals surface area contributed by atoms with Crippen LogP contribution in [0.1, 0.15) is 11.3 Å². The molecule has 2 aromatic heterocycles. The first-order valence-electron chi connectivity index (χ1n) is 8.67. The summed E-state index contributed by atoms with van der Waals surface area (Å²) in [4.78, 5) is 20.0. The van der Waals surface area contributed by atoms with Crippen molar-refractivity contribution in [1.29, 1.82) is 0 Å². The maximum atomic E-state index is 14.1. The molecule has 0 aliphatic rings. The number of benzene rings is 2. The summed E-state index contributed by atoms with van der Waals surface area (Å²) in [5.41, 5.74) is 1.46. The summed E-state index contributed by atoms with van der Waals surface area (Å²) >= 11 is 2.76. The number of anilines is 1. The Bertz CT molecular complexity index is 1090. The number of para-hydroxylation sites is 1. The molecule has 142 valence electrons. The molecular weight excluding hydrogens is 395 g/mol. The number of aromatic nitrogens is 1. The van der Waals surface area contributed by atoms with Gasteiger partial charge in [0.1, 0.15) is 17.1 Å². The standard InChI is InChI=1S/C21H17FN2O2S2/c1-14-7-9-16(10-8-14)27-13-19(25)24(12-15-4-3-11-26-15)21-23-20-17(22)5-2-6-18(20)28-21/h2-11H,12-13H2,1H3. The topological polar surface area (TPSA) is 46.3 Å². The van der Waals surface area contributed by atoms with Gasteiger partial charge in [-0.2, -0.15) is 0 Å². The van der Waals surface area contributed by atoms with Crippen LogP contribution in [0.25, 0.3) is 10.2 Å². The third-order valence-corrected chi connectivity index (χ3v) is 6.21. The lowest BCUT2D eigenvalue weighted by Gasteiger charge is -2.18. The number of furan rings is 1. The minimum Gasteiger partial charge on any atom is -0.467 e. The third-order valence-electron chi connectivity index (χ3n) is 4.17. The van der Waals surface area contributed by atoms with Gasteiger partial charge >= 0.3 is 0 Å². The molecule has 2 heterocycles. The lowest BCUT2D eigenvalue weighted by atomic mass is 10.2. The van der Waals surface area contributed by atoms with Crippen molar-refractivity contribution >= 4 is 44.4 Å². The summed E-state index contributed by atoms with van der Waals surface area (Å²) in [6.07, 6.45) is 1.57. The number of aryl methyl sites for hydroxylation is 1. The second-order valence-corrected chi connectivity index (χ2v) is 8.30. The number of hydrogen-bond donors (Lipinski definition) is 0. The van der Waals surface area contributed by atoms with Crippen LogP contribution < -0.4 is 4.90 Å². The number of rotatable bonds is 6. The fourth-order valence-electron chi connectivity index (χ4n) is 2.70. The highest BCUT2D eigenvalue weighted by atomic mass is 32.2. The fraction of sp³-hybridized carbons (Fsp3) is 0.143. The van der Waals surface area contributed by atoms with Gasteiger partial charge in [-0.25, -0.2) is 9.37 Å². The van der Waals surface area contributed by atoms with E-state index in [-0.39, 0.29) is 29.5 Å². The van der Waals surface area contributed by atoms with Crippen molar-refractivity contribution in [3.8, 4) is 0 Å². The van der Waals surface area contributed by atoms with Crippen LogP contribution in [0.2, 0.25) is 0 Å². The number of nitrogens with zero attached hydrogens (tertiary/aromatic N) is 2. The van der Waals surface area contributed by atoms with Gasteiger partial charge < -0.3 is 4.42 Å². The molecule has 1 amide bonds. The minimum absolute atomic E-state index is 0.110. The third kappa shape index (κ3) is 4.10. The van der Waals surface area contributed by atoms with E-state index < -0.39 is 0 Å². The Morgan fingerprint density at radius 2 is 2.00 bits per heavy atom. The monoisotopic (exact) mass is 412 g/mol. The molecule has 0 bridgehead atoms. The first-order valence-corrected chi connectivity index (χ1v) is 10.5. The summed E-state index contributed by atoms with van der Waals surface area (Å²) in [6.45, 7) is 2.28. The van der Waals surface area contributed by atoms with Gasteiger partial charge in [0.25, 0.3) is 0 Å². The van der Waals surface area contributed by atoms with Crippen molar-refractivity contribution in [1.82, 2.24) is 4.98 Å². The number of thiazole rings is 1. The van der Waals surface area contributed by atoms with E-state index in [2.05, 4.69) is 4.98 Å². The zero-order valence-electron chi connectivity index (χ0n) is 15.1. The van der Waals surface area contributed by atoms with E-state index in [9.17, 15) is 9.18 Å². The quantitative estimate of drug-likeness (QED) is 0.383. The van der Waals surface area contributed by atoms with Crippen LogP contribution in [-0.4, -0.2) is 16.6 Å². The summed E-state index contributed by atoms with van der Waals surface area (Å²) in [7, 11) is 0.